The zero-order chi connectivity index (χ0) is 64.5. The van der Waals surface area contributed by atoms with E-state index in [0.717, 1.165) is 76.2 Å². The van der Waals surface area contributed by atoms with Gasteiger partial charge in [0.05, 0.1) is 5.25 Å². The van der Waals surface area contributed by atoms with E-state index in [4.69, 9.17) is 56.8 Å². The van der Waals surface area contributed by atoms with E-state index < -0.39 is 187 Å². The number of esters is 12. The molecule has 14 atom stereocenters. The van der Waals surface area contributed by atoms with E-state index in [9.17, 15) is 79.2 Å². The molecule has 1 aromatic heterocycles. The maximum absolute atomic E-state index is 13.3. The second-order valence-corrected chi connectivity index (χ2v) is 24.8. The van der Waals surface area contributed by atoms with Crippen LogP contribution in [0.25, 0.3) is 0 Å². The van der Waals surface area contributed by atoms with Crippen molar-refractivity contribution in [3.63, 3.8) is 0 Å². The van der Waals surface area contributed by atoms with Crippen LogP contribution in [0, 0.1) is 0 Å². The van der Waals surface area contributed by atoms with Crippen molar-refractivity contribution in [2.45, 2.75) is 216 Å². The van der Waals surface area contributed by atoms with Crippen LogP contribution in [-0.2, 0) is 139 Å². The monoisotopic (exact) mass is 1260 g/mol. The molecule has 1 N–H and O–H groups in total. The van der Waals surface area contributed by atoms with Crippen molar-refractivity contribution < 1.29 is 136 Å². The van der Waals surface area contributed by atoms with Gasteiger partial charge in [0, 0.05) is 12.5 Å². The topological polar surface area (TPSA) is 413 Å². The highest BCUT2D eigenvalue weighted by Gasteiger charge is 2.41. The van der Waals surface area contributed by atoms with Crippen LogP contribution >= 0.6 is 11.3 Å². The third-order valence-electron chi connectivity index (χ3n) is 11.6. The molecule has 472 valence electrons. The fourth-order valence-corrected chi connectivity index (χ4v) is 12.0. The van der Waals surface area contributed by atoms with Crippen molar-refractivity contribution in [3.05, 3.63) is 11.6 Å². The summed E-state index contributed by atoms with van der Waals surface area (Å²) < 4.78 is 111. The molecule has 1 aliphatic heterocycles. The van der Waals surface area contributed by atoms with Gasteiger partial charge < -0.3 is 62.2 Å². The van der Waals surface area contributed by atoms with Crippen LogP contribution < -0.4 is 5.32 Å². The lowest BCUT2D eigenvalue weighted by Gasteiger charge is -2.27. The summed E-state index contributed by atoms with van der Waals surface area (Å²) in [5.41, 5.74) is 0.271. The van der Waals surface area contributed by atoms with Crippen LogP contribution in [-0.4, -0.2) is 185 Å². The summed E-state index contributed by atoms with van der Waals surface area (Å²) in [7, 11) is -8.26. The van der Waals surface area contributed by atoms with E-state index in [0.29, 0.717) is 24.3 Å². The maximum Gasteiger partial charge on any atom is 0.347 e. The Morgan fingerprint density at radius 3 is 1.00 bits per heavy atom. The van der Waals surface area contributed by atoms with Gasteiger partial charge in [-0.2, -0.15) is 0 Å². The van der Waals surface area contributed by atoms with Gasteiger partial charge in [-0.3, -0.25) is 9.59 Å². The highest BCUT2D eigenvalue weighted by Crippen LogP contribution is 2.43. The van der Waals surface area contributed by atoms with Crippen LogP contribution in [0.2, 0.25) is 0 Å². The van der Waals surface area contributed by atoms with Gasteiger partial charge in [0.1, 0.15) is 14.2 Å². The van der Waals surface area contributed by atoms with Crippen molar-refractivity contribution in [2.75, 3.05) is 12.3 Å². The van der Waals surface area contributed by atoms with Gasteiger partial charge in [-0.05, 0) is 121 Å². The maximum atomic E-state index is 13.3. The Bertz CT molecular complexity index is 2860. The van der Waals surface area contributed by atoms with Crippen molar-refractivity contribution in [1.29, 1.82) is 0 Å². The van der Waals surface area contributed by atoms with Crippen LogP contribution in [0.1, 0.15) is 135 Å². The van der Waals surface area contributed by atoms with E-state index in [1.54, 1.807) is 13.8 Å². The number of carbonyl (C=O) groups is 13. The third kappa shape index (κ3) is 21.5. The van der Waals surface area contributed by atoms with Gasteiger partial charge in [0.2, 0.25) is 0 Å². The lowest BCUT2D eigenvalue weighted by Crippen LogP contribution is -2.40. The van der Waals surface area contributed by atoms with E-state index in [1.165, 1.54) is 19.9 Å². The first-order valence-corrected chi connectivity index (χ1v) is 30.1. The zero-order valence-corrected chi connectivity index (χ0v) is 51.2. The number of Topliss-reactive ketones (excluding diaryl/α,β-unsaturated/α-hetero) is 1. The van der Waals surface area contributed by atoms with Crippen molar-refractivity contribution in [1.82, 2.24) is 5.32 Å². The molecule has 0 radical (unpaired) electrons. The summed E-state index contributed by atoms with van der Waals surface area (Å²) in [5.74, 6) is -17.0. The third-order valence-corrected chi connectivity index (χ3v) is 17.7. The zero-order valence-electron chi connectivity index (χ0n) is 48.8. The molecule has 1 aromatic rings. The van der Waals surface area contributed by atoms with Crippen molar-refractivity contribution in [2.24, 2.45) is 0 Å². The van der Waals surface area contributed by atoms with Gasteiger partial charge in [0.15, 0.2) is 98.7 Å². The molecule has 0 spiro atoms. The van der Waals surface area contributed by atoms with Crippen molar-refractivity contribution in [3.8, 4) is 0 Å². The SMILES string of the molecule is CCCC(=O)O[C@@H](C)C(=O)O[C@@H](C)C(=O)O[C@@H](C)C(=O)O[C@@H](C)C(=O)O[C@@H](C)C(=O)O[C@@H](C)C(=O)O[C@@H](C)C(=O)O[C@@H](C)C(=O)O[C@@H](C)C(=O)O[C@@H](C)C(=O)O[C@@H](C)C(=O)O[C@@H](C)C(=O)CS(=O)(=O)c1cc2c(s1)S(=O)(=O)[C@@H](C)C[C@@H]2NCC. The van der Waals surface area contributed by atoms with Crippen LogP contribution in [0.3, 0.4) is 0 Å². The average Bonchev–Trinajstić information content (AvgIpc) is 2.02. The molecular formula is C51H71NO29S3. The highest BCUT2D eigenvalue weighted by atomic mass is 32.3. The molecule has 30 nitrogen and oxygen atoms in total. The predicted octanol–water partition coefficient (Wildman–Crippen LogP) is 1.29. The smallest absolute Gasteiger partial charge is 0.347 e. The summed E-state index contributed by atoms with van der Waals surface area (Å²) >= 11 is 0.519. The summed E-state index contributed by atoms with van der Waals surface area (Å²) in [6, 6.07) is 0.768. The number of ether oxygens (including phenoxy) is 12. The number of fused-ring (bicyclic) bond motifs is 1. The first-order chi connectivity index (χ1) is 38.8. The lowest BCUT2D eigenvalue weighted by molar-refractivity contribution is -0.190. The van der Waals surface area contributed by atoms with Crippen LogP contribution in [0.15, 0.2) is 14.5 Å². The predicted molar refractivity (Wildman–Crippen MR) is 281 cm³/mol. The minimum atomic E-state index is -4.42. The summed E-state index contributed by atoms with van der Waals surface area (Å²) in [4.78, 5) is 163. The number of carbonyl (C=O) groups excluding carboxylic acids is 13. The molecule has 2 heterocycles. The summed E-state index contributed by atoms with van der Waals surface area (Å²) in [5, 5.41) is 2.34. The number of hydrogen-bond acceptors (Lipinski definition) is 31. The average molecular weight is 1260 g/mol. The van der Waals surface area contributed by atoms with E-state index in [-0.39, 0.29) is 26.8 Å². The number of sulfone groups is 2. The Morgan fingerprint density at radius 1 is 0.476 bits per heavy atom. The molecule has 0 unspecified atom stereocenters. The molecule has 0 fully saturated rings. The highest BCUT2D eigenvalue weighted by molar-refractivity contribution is 7.96. The standard InChI is InChI=1S/C51H71NO29S3/c1-16-18-38(54)70-24(5)40(55)72-26(7)42(57)74-28(9)44(59)76-30(11)46(61)78-32(13)48(63)80-34(15)50(65)81-33(14)49(64)79-31(12)47(62)77-29(10)45(60)75-27(8)43(58)73-25(6)41(56)71-23(4)37(53)21-83(66,67)39-20-35-36(52-17-2)19-22(3)84(68,69)51(35)82-39/h20,22-34,36,52H,16-19,21H2,1-15H3/t22-,23-,24-,25-,26-,27-,28-,29-,30-,31-,32-,33-,34-,36-/m0/s1. The van der Waals surface area contributed by atoms with Gasteiger partial charge in [0.25, 0.3) is 0 Å². The fraction of sp³-hybridized carbons (Fsp3) is 0.667. The molecule has 0 amide bonds. The Hall–Kier alpha value is -7.13. The molecule has 2 rings (SSSR count). The minimum Gasteiger partial charge on any atom is -0.452 e. The number of ketones is 1. The summed E-state index contributed by atoms with van der Waals surface area (Å²) in [6.45, 7) is 18.2. The van der Waals surface area contributed by atoms with Crippen LogP contribution in [0.5, 0.6) is 0 Å². The Kier molecular flexibility index (Phi) is 28.0. The van der Waals surface area contributed by atoms with Gasteiger partial charge >= 0.3 is 71.6 Å². The summed E-state index contributed by atoms with van der Waals surface area (Å²) in [6.07, 6.45) is -19.5. The second kappa shape index (κ2) is 32.2. The number of rotatable bonds is 31. The normalized spacial score (nSPS) is 18.7. The molecule has 33 heteroatoms. The first kappa shape index (κ1) is 73.0. The molecular weight excluding hydrogens is 1190 g/mol. The van der Waals surface area contributed by atoms with Gasteiger partial charge in [-0.25, -0.2) is 69.6 Å². The second-order valence-electron chi connectivity index (χ2n) is 19.0. The lowest BCUT2D eigenvalue weighted by atomic mass is 10.1. The minimum absolute atomic E-state index is 0.0463. The molecule has 1 aliphatic rings. The number of hydrogen-bond donors (Lipinski definition) is 1. The number of nitrogens with one attached hydrogen (secondary N) is 1. The molecule has 0 saturated carbocycles. The quantitative estimate of drug-likeness (QED) is 0.0808. The largest absolute Gasteiger partial charge is 0.452 e. The Labute approximate surface area is 487 Å². The molecule has 0 saturated heterocycles. The molecule has 0 aromatic carbocycles. The van der Waals surface area contributed by atoms with Gasteiger partial charge in [-0.1, -0.05) is 13.8 Å². The van der Waals surface area contributed by atoms with Gasteiger partial charge in [-0.15, -0.1) is 11.3 Å². The van der Waals surface area contributed by atoms with E-state index >= 15 is 0 Å². The first-order valence-electron chi connectivity index (χ1n) is 26.1. The van der Waals surface area contributed by atoms with Crippen LogP contribution in [0.4, 0.5) is 0 Å². The number of thiophene rings is 1. The van der Waals surface area contributed by atoms with Crippen molar-refractivity contribution >= 4 is 108 Å². The Morgan fingerprint density at radius 2 is 0.738 bits per heavy atom. The fourth-order valence-electron chi connectivity index (χ4n) is 6.59. The molecule has 84 heavy (non-hydrogen) atoms. The van der Waals surface area contributed by atoms with E-state index in [1.807, 2.05) is 0 Å². The molecule has 0 bridgehead atoms. The van der Waals surface area contributed by atoms with E-state index in [2.05, 4.69) is 5.32 Å². The Balaban J connectivity index is 1.80. The molecule has 0 aliphatic carbocycles.